The lowest BCUT2D eigenvalue weighted by molar-refractivity contribution is 0.100. The number of para-hydroxylation sites is 1. The Bertz CT molecular complexity index is 1080. The summed E-state index contributed by atoms with van der Waals surface area (Å²) in [5.41, 5.74) is 8.41. The fraction of sp³-hybridized carbons (Fsp3) is 0.100. The van der Waals surface area contributed by atoms with Crippen molar-refractivity contribution in [2.24, 2.45) is 5.73 Å². The van der Waals surface area contributed by atoms with Gasteiger partial charge in [-0.15, -0.1) is 0 Å². The molecule has 140 valence electrons. The third kappa shape index (κ3) is 4.07. The van der Waals surface area contributed by atoms with Gasteiger partial charge in [-0.3, -0.25) is 4.79 Å². The molecule has 0 fully saturated rings. The Hall–Kier alpha value is -3.52. The molecule has 4 rings (SSSR count). The molecular formula is C20H18N6OS. The highest BCUT2D eigenvalue weighted by molar-refractivity contribution is 7.22. The van der Waals surface area contributed by atoms with Crippen molar-refractivity contribution >= 4 is 38.5 Å². The highest BCUT2D eigenvalue weighted by atomic mass is 32.1. The number of fused-ring (bicyclic) bond motifs is 1. The molecule has 2 heterocycles. The van der Waals surface area contributed by atoms with E-state index in [1.54, 1.807) is 29.7 Å². The fourth-order valence-electron chi connectivity index (χ4n) is 2.70. The first-order chi connectivity index (χ1) is 13.7. The summed E-state index contributed by atoms with van der Waals surface area (Å²) in [5.74, 6) is 0.0970. The first-order valence-electron chi connectivity index (χ1n) is 8.76. The van der Waals surface area contributed by atoms with Gasteiger partial charge in [0.05, 0.1) is 15.9 Å². The zero-order valence-corrected chi connectivity index (χ0v) is 15.7. The third-order valence-electron chi connectivity index (χ3n) is 4.10. The molecule has 8 heteroatoms. The maximum Gasteiger partial charge on any atom is 0.248 e. The number of nitrogens with zero attached hydrogens (tertiary/aromatic N) is 3. The molecule has 0 saturated heterocycles. The summed E-state index contributed by atoms with van der Waals surface area (Å²) < 4.78 is 1.16. The molecule has 0 atom stereocenters. The third-order valence-corrected chi connectivity index (χ3v) is 5.09. The molecule has 0 aliphatic rings. The second-order valence-electron chi connectivity index (χ2n) is 6.05. The Morgan fingerprint density at radius 2 is 1.75 bits per heavy atom. The van der Waals surface area contributed by atoms with E-state index in [0.717, 1.165) is 26.6 Å². The predicted molar refractivity (Wildman–Crippen MR) is 113 cm³/mol. The van der Waals surface area contributed by atoms with Crippen LogP contribution in [0.2, 0.25) is 0 Å². The van der Waals surface area contributed by atoms with Gasteiger partial charge in [-0.25, -0.2) is 15.0 Å². The van der Waals surface area contributed by atoms with Crippen LogP contribution in [0, 0.1) is 0 Å². The van der Waals surface area contributed by atoms with E-state index in [0.29, 0.717) is 24.6 Å². The molecule has 28 heavy (non-hydrogen) atoms. The predicted octanol–water partition coefficient (Wildman–Crippen LogP) is 3.38. The van der Waals surface area contributed by atoms with E-state index < -0.39 is 5.91 Å². The summed E-state index contributed by atoms with van der Waals surface area (Å²) >= 11 is 1.63. The zero-order chi connectivity index (χ0) is 19.3. The number of rotatable bonds is 7. The van der Waals surface area contributed by atoms with Crippen LogP contribution >= 0.6 is 11.3 Å². The molecule has 0 unspecified atom stereocenters. The Kier molecular flexibility index (Phi) is 5.11. The molecule has 0 bridgehead atoms. The second kappa shape index (κ2) is 8.01. The van der Waals surface area contributed by atoms with E-state index >= 15 is 0 Å². The van der Waals surface area contributed by atoms with Crippen LogP contribution in [0.1, 0.15) is 10.4 Å². The van der Waals surface area contributed by atoms with Gasteiger partial charge in [0.25, 0.3) is 0 Å². The highest BCUT2D eigenvalue weighted by Gasteiger charge is 2.05. The fourth-order valence-corrected chi connectivity index (χ4v) is 3.59. The number of primary amides is 1. The number of hydrogen-bond donors (Lipinski definition) is 3. The van der Waals surface area contributed by atoms with Crippen molar-refractivity contribution in [2.75, 3.05) is 23.7 Å². The summed E-state index contributed by atoms with van der Waals surface area (Å²) in [6.45, 7) is 1.35. The van der Waals surface area contributed by atoms with Crippen LogP contribution in [0.25, 0.3) is 21.5 Å². The van der Waals surface area contributed by atoms with E-state index in [-0.39, 0.29) is 0 Å². The first kappa shape index (κ1) is 17.9. The average Bonchev–Trinajstić information content (AvgIpc) is 3.14. The van der Waals surface area contributed by atoms with Crippen molar-refractivity contribution in [3.63, 3.8) is 0 Å². The van der Waals surface area contributed by atoms with E-state index in [4.69, 9.17) is 5.73 Å². The van der Waals surface area contributed by atoms with Crippen LogP contribution in [-0.4, -0.2) is 33.9 Å². The monoisotopic (exact) mass is 390 g/mol. The Balaban J connectivity index is 1.35. The molecular weight excluding hydrogens is 372 g/mol. The lowest BCUT2D eigenvalue weighted by Crippen LogP contribution is -2.15. The van der Waals surface area contributed by atoms with E-state index in [9.17, 15) is 4.79 Å². The average molecular weight is 390 g/mol. The summed E-state index contributed by atoms with van der Waals surface area (Å²) in [5, 5.41) is 7.42. The van der Waals surface area contributed by atoms with E-state index in [1.807, 2.05) is 36.4 Å². The maximum absolute atomic E-state index is 11.2. The van der Waals surface area contributed by atoms with Crippen LogP contribution < -0.4 is 16.4 Å². The minimum Gasteiger partial charge on any atom is -0.366 e. The smallest absolute Gasteiger partial charge is 0.248 e. The van der Waals surface area contributed by atoms with Crippen molar-refractivity contribution in [1.29, 1.82) is 0 Å². The minimum absolute atomic E-state index is 0.447. The van der Waals surface area contributed by atoms with E-state index in [1.165, 1.54) is 0 Å². The summed E-state index contributed by atoms with van der Waals surface area (Å²) in [6.07, 6.45) is 1.70. The van der Waals surface area contributed by atoms with Gasteiger partial charge in [-0.05, 0) is 30.3 Å². The zero-order valence-electron chi connectivity index (χ0n) is 14.9. The molecule has 2 aromatic carbocycles. The van der Waals surface area contributed by atoms with Gasteiger partial charge in [0.2, 0.25) is 11.9 Å². The lowest BCUT2D eigenvalue weighted by atomic mass is 10.1. The summed E-state index contributed by atoms with van der Waals surface area (Å²) in [7, 11) is 0. The molecule has 0 aliphatic carbocycles. The normalized spacial score (nSPS) is 10.7. The molecule has 0 spiro atoms. The van der Waals surface area contributed by atoms with Gasteiger partial charge < -0.3 is 16.4 Å². The van der Waals surface area contributed by atoms with Crippen molar-refractivity contribution in [2.45, 2.75) is 0 Å². The largest absolute Gasteiger partial charge is 0.366 e. The molecule has 0 aliphatic heterocycles. The number of carbonyl (C=O) groups is 1. The maximum atomic E-state index is 11.2. The van der Waals surface area contributed by atoms with Crippen molar-refractivity contribution < 1.29 is 4.79 Å². The number of amides is 1. The van der Waals surface area contributed by atoms with Gasteiger partial charge in [0.15, 0.2) is 5.13 Å². The van der Waals surface area contributed by atoms with Crippen LogP contribution in [0.3, 0.4) is 0 Å². The van der Waals surface area contributed by atoms with E-state index in [2.05, 4.69) is 31.7 Å². The van der Waals surface area contributed by atoms with Crippen LogP contribution in [0.5, 0.6) is 0 Å². The number of anilines is 2. The van der Waals surface area contributed by atoms with Gasteiger partial charge in [-0.1, -0.05) is 35.6 Å². The number of thiazole rings is 1. The molecule has 4 aromatic rings. The van der Waals surface area contributed by atoms with Gasteiger partial charge in [0, 0.05) is 30.4 Å². The quantitative estimate of drug-likeness (QED) is 0.418. The van der Waals surface area contributed by atoms with Crippen molar-refractivity contribution in [3.05, 3.63) is 66.4 Å². The number of nitrogens with one attached hydrogen (secondary N) is 2. The van der Waals surface area contributed by atoms with Crippen molar-refractivity contribution in [1.82, 2.24) is 15.0 Å². The standard InChI is InChI=1S/C20H18N6OS/c21-18(27)14-7-5-13(6-8-14)15-9-10-22-19(25-15)23-11-12-24-20-26-16-3-1-2-4-17(16)28-20/h1-10H,11-12H2,(H2,21,27)(H,24,26)(H,22,23,25). The van der Waals surface area contributed by atoms with Crippen molar-refractivity contribution in [3.8, 4) is 11.3 Å². The Labute approximate surface area is 165 Å². The molecule has 0 radical (unpaired) electrons. The summed E-state index contributed by atoms with van der Waals surface area (Å²) in [4.78, 5) is 24.5. The highest BCUT2D eigenvalue weighted by Crippen LogP contribution is 2.25. The second-order valence-corrected chi connectivity index (χ2v) is 7.08. The number of nitrogens with two attached hydrogens (primary N) is 1. The lowest BCUT2D eigenvalue weighted by Gasteiger charge is -2.07. The number of benzene rings is 2. The number of carbonyl (C=O) groups excluding carboxylic acids is 1. The number of hydrogen-bond acceptors (Lipinski definition) is 7. The van der Waals surface area contributed by atoms with Gasteiger partial charge in [0.1, 0.15) is 0 Å². The first-order valence-corrected chi connectivity index (χ1v) is 9.57. The minimum atomic E-state index is -0.447. The van der Waals surface area contributed by atoms with Gasteiger partial charge >= 0.3 is 0 Å². The SMILES string of the molecule is NC(=O)c1ccc(-c2ccnc(NCCNc3nc4ccccc4s3)n2)cc1. The molecule has 1 amide bonds. The Morgan fingerprint density at radius 1 is 0.964 bits per heavy atom. The molecule has 7 nitrogen and oxygen atoms in total. The topological polar surface area (TPSA) is 106 Å². The Morgan fingerprint density at radius 3 is 2.54 bits per heavy atom. The summed E-state index contributed by atoms with van der Waals surface area (Å²) in [6, 6.07) is 16.9. The molecule has 0 saturated carbocycles. The molecule has 4 N–H and O–H groups in total. The van der Waals surface area contributed by atoms with Crippen LogP contribution in [0.15, 0.2) is 60.8 Å². The van der Waals surface area contributed by atoms with Gasteiger partial charge in [-0.2, -0.15) is 0 Å². The van der Waals surface area contributed by atoms with Crippen LogP contribution in [0.4, 0.5) is 11.1 Å². The number of aromatic nitrogens is 3. The molecule has 2 aromatic heterocycles. The van der Waals surface area contributed by atoms with Crippen LogP contribution in [-0.2, 0) is 0 Å².